The number of H-pyrrole nitrogens is 1. The molecule has 1 atom stereocenters. The van der Waals surface area contributed by atoms with Crippen molar-refractivity contribution < 1.29 is 14.4 Å². The van der Waals surface area contributed by atoms with E-state index in [0.29, 0.717) is 11.4 Å². The molecule has 0 saturated heterocycles. The van der Waals surface area contributed by atoms with Crippen molar-refractivity contribution in [3.05, 3.63) is 58.8 Å². The number of carbonyl (C=O) groups excluding carboxylic acids is 3. The van der Waals surface area contributed by atoms with E-state index in [1.54, 1.807) is 24.4 Å². The second kappa shape index (κ2) is 7.70. The molecule has 3 heterocycles. The number of amides is 2. The summed E-state index contributed by atoms with van der Waals surface area (Å²) in [6, 6.07) is 5.99. The smallest absolute Gasteiger partial charge is 0.287 e. The van der Waals surface area contributed by atoms with Crippen LogP contribution in [0.15, 0.2) is 47.5 Å². The lowest BCUT2D eigenvalue weighted by Crippen LogP contribution is -2.47. The molecule has 0 bridgehead atoms. The van der Waals surface area contributed by atoms with Crippen LogP contribution in [0.5, 0.6) is 0 Å². The third-order valence-corrected chi connectivity index (χ3v) is 4.39. The summed E-state index contributed by atoms with van der Waals surface area (Å²) in [6.07, 6.45) is 3.12. The molecule has 0 aliphatic carbocycles. The molecule has 0 aliphatic rings. The average molecular weight is 369 g/mol. The fourth-order valence-electron chi connectivity index (χ4n) is 2.42. The van der Waals surface area contributed by atoms with E-state index < -0.39 is 23.6 Å². The average Bonchev–Trinajstić information content (AvgIpc) is 3.32. The number of hydrogen-bond acceptors (Lipinski definition) is 6. The van der Waals surface area contributed by atoms with Crippen molar-refractivity contribution in [1.82, 2.24) is 20.3 Å². The lowest BCUT2D eigenvalue weighted by molar-refractivity contribution is -0.137. The standard InChI is InChI=1S/C17H15N5O3S/c18-16(24)15(23)12(7-10-4-6-26-8-10)22-17(25)14-13(20-9-21-14)11-3-1-2-5-19-11/h1-6,8-9,12H,7H2,(H2,18,24)(H,20,21)(H,22,25). The summed E-state index contributed by atoms with van der Waals surface area (Å²) in [6.45, 7) is 0. The number of nitrogens with two attached hydrogens (primary N) is 1. The second-order valence-corrected chi connectivity index (χ2v) is 6.21. The Bertz CT molecular complexity index is 921. The Morgan fingerprint density at radius 1 is 1.23 bits per heavy atom. The first-order valence-corrected chi connectivity index (χ1v) is 8.61. The van der Waals surface area contributed by atoms with Crippen LogP contribution in [0.25, 0.3) is 11.4 Å². The van der Waals surface area contributed by atoms with E-state index in [0.717, 1.165) is 5.56 Å². The molecule has 26 heavy (non-hydrogen) atoms. The molecule has 8 nitrogen and oxygen atoms in total. The molecule has 4 N–H and O–H groups in total. The van der Waals surface area contributed by atoms with E-state index in [-0.39, 0.29) is 12.1 Å². The van der Waals surface area contributed by atoms with Crippen LogP contribution in [-0.4, -0.2) is 38.6 Å². The molecule has 3 rings (SSSR count). The first-order chi connectivity index (χ1) is 12.6. The van der Waals surface area contributed by atoms with Crippen LogP contribution >= 0.6 is 11.3 Å². The van der Waals surface area contributed by atoms with Crippen molar-refractivity contribution >= 4 is 28.9 Å². The van der Waals surface area contributed by atoms with Gasteiger partial charge >= 0.3 is 0 Å². The van der Waals surface area contributed by atoms with Crippen molar-refractivity contribution in [3.63, 3.8) is 0 Å². The molecule has 0 aliphatic heterocycles. The zero-order valence-corrected chi connectivity index (χ0v) is 14.3. The largest absolute Gasteiger partial charge is 0.363 e. The molecule has 0 radical (unpaired) electrons. The minimum Gasteiger partial charge on any atom is -0.363 e. The fourth-order valence-corrected chi connectivity index (χ4v) is 3.10. The molecule has 0 spiro atoms. The van der Waals surface area contributed by atoms with Crippen LogP contribution in [0, 0.1) is 0 Å². The number of ketones is 1. The predicted molar refractivity (Wildman–Crippen MR) is 95.3 cm³/mol. The summed E-state index contributed by atoms with van der Waals surface area (Å²) in [4.78, 5) is 47.1. The van der Waals surface area contributed by atoms with Crippen LogP contribution in [0.2, 0.25) is 0 Å². The number of nitrogens with zero attached hydrogens (tertiary/aromatic N) is 2. The number of hydrogen-bond donors (Lipinski definition) is 3. The van der Waals surface area contributed by atoms with E-state index in [1.807, 2.05) is 16.8 Å². The molecule has 3 aromatic heterocycles. The Morgan fingerprint density at radius 3 is 2.73 bits per heavy atom. The van der Waals surface area contributed by atoms with Gasteiger partial charge in [-0.25, -0.2) is 4.98 Å². The molecule has 1 unspecified atom stereocenters. The van der Waals surface area contributed by atoms with Crippen molar-refractivity contribution in [2.75, 3.05) is 0 Å². The van der Waals surface area contributed by atoms with Crippen molar-refractivity contribution in [3.8, 4) is 11.4 Å². The highest BCUT2D eigenvalue weighted by molar-refractivity contribution is 7.07. The Balaban J connectivity index is 1.83. The normalized spacial score (nSPS) is 11.7. The molecule has 3 aromatic rings. The number of rotatable bonds is 7. The maximum Gasteiger partial charge on any atom is 0.287 e. The molecule has 0 saturated carbocycles. The van der Waals surface area contributed by atoms with Crippen molar-refractivity contribution in [2.45, 2.75) is 12.5 Å². The lowest BCUT2D eigenvalue weighted by atomic mass is 10.0. The number of aromatic amines is 1. The van der Waals surface area contributed by atoms with Gasteiger partial charge in [0.25, 0.3) is 11.8 Å². The fraction of sp³-hybridized carbons (Fsp3) is 0.118. The Hall–Kier alpha value is -3.33. The summed E-state index contributed by atoms with van der Waals surface area (Å²) in [5.41, 5.74) is 6.95. The summed E-state index contributed by atoms with van der Waals surface area (Å²) in [5.74, 6) is -2.53. The van der Waals surface area contributed by atoms with Gasteiger partial charge in [0.1, 0.15) is 17.4 Å². The van der Waals surface area contributed by atoms with Gasteiger partial charge in [0.05, 0.1) is 12.0 Å². The maximum absolute atomic E-state index is 12.7. The highest BCUT2D eigenvalue weighted by Crippen LogP contribution is 2.18. The van der Waals surface area contributed by atoms with Crippen LogP contribution in [-0.2, 0) is 16.0 Å². The number of Topliss-reactive ketones (excluding diaryl/α,β-unsaturated/α-hetero) is 1. The van der Waals surface area contributed by atoms with E-state index in [2.05, 4.69) is 20.3 Å². The minimum absolute atomic E-state index is 0.149. The van der Waals surface area contributed by atoms with Gasteiger partial charge < -0.3 is 16.0 Å². The quantitative estimate of drug-likeness (QED) is 0.533. The van der Waals surface area contributed by atoms with Gasteiger partial charge in [-0.05, 0) is 34.5 Å². The first-order valence-electron chi connectivity index (χ1n) is 7.66. The van der Waals surface area contributed by atoms with Crippen molar-refractivity contribution in [1.29, 1.82) is 0 Å². The number of carbonyl (C=O) groups is 3. The number of pyridine rings is 1. The van der Waals surface area contributed by atoms with Gasteiger partial charge in [0, 0.05) is 12.6 Å². The SMILES string of the molecule is NC(=O)C(=O)C(Cc1ccsc1)NC(=O)c1[nH]cnc1-c1ccccn1. The summed E-state index contributed by atoms with van der Waals surface area (Å²) in [7, 11) is 0. The predicted octanol–water partition coefficient (Wildman–Crippen LogP) is 0.929. The first kappa shape index (κ1) is 17.5. The Morgan fingerprint density at radius 2 is 2.08 bits per heavy atom. The summed E-state index contributed by atoms with van der Waals surface area (Å²) in [5, 5.41) is 6.25. The highest BCUT2D eigenvalue weighted by atomic mass is 32.1. The highest BCUT2D eigenvalue weighted by Gasteiger charge is 2.27. The molecule has 2 amide bonds. The molecule has 0 fully saturated rings. The number of aromatic nitrogens is 3. The van der Waals surface area contributed by atoms with E-state index in [1.165, 1.54) is 17.7 Å². The minimum atomic E-state index is -1.10. The van der Waals surface area contributed by atoms with Crippen LogP contribution in [0.3, 0.4) is 0 Å². The zero-order chi connectivity index (χ0) is 18.5. The topological polar surface area (TPSA) is 131 Å². The number of imidazole rings is 1. The second-order valence-electron chi connectivity index (χ2n) is 5.43. The Kier molecular flexibility index (Phi) is 5.18. The van der Waals surface area contributed by atoms with Gasteiger partial charge in [-0.2, -0.15) is 11.3 Å². The maximum atomic E-state index is 12.7. The molecule has 132 valence electrons. The van der Waals surface area contributed by atoms with Gasteiger partial charge in [-0.1, -0.05) is 6.07 Å². The van der Waals surface area contributed by atoms with E-state index in [4.69, 9.17) is 5.73 Å². The monoisotopic (exact) mass is 369 g/mol. The van der Waals surface area contributed by atoms with E-state index in [9.17, 15) is 14.4 Å². The number of thiophene rings is 1. The van der Waals surface area contributed by atoms with Gasteiger partial charge in [-0.3, -0.25) is 19.4 Å². The molecular formula is C17H15N5O3S. The molecular weight excluding hydrogens is 354 g/mol. The number of primary amides is 1. The van der Waals surface area contributed by atoms with Gasteiger partial charge in [0.15, 0.2) is 0 Å². The van der Waals surface area contributed by atoms with Crippen LogP contribution < -0.4 is 11.1 Å². The molecule has 0 aromatic carbocycles. The zero-order valence-electron chi connectivity index (χ0n) is 13.5. The molecule has 9 heteroatoms. The van der Waals surface area contributed by atoms with Gasteiger partial charge in [-0.15, -0.1) is 0 Å². The van der Waals surface area contributed by atoms with E-state index >= 15 is 0 Å². The summed E-state index contributed by atoms with van der Waals surface area (Å²) >= 11 is 1.45. The van der Waals surface area contributed by atoms with Crippen molar-refractivity contribution in [2.24, 2.45) is 5.73 Å². The van der Waals surface area contributed by atoms with Crippen LogP contribution in [0.4, 0.5) is 0 Å². The summed E-state index contributed by atoms with van der Waals surface area (Å²) < 4.78 is 0. The lowest BCUT2D eigenvalue weighted by Gasteiger charge is -2.15. The third kappa shape index (κ3) is 3.83. The van der Waals surface area contributed by atoms with Gasteiger partial charge in [0.2, 0.25) is 5.78 Å². The number of nitrogens with one attached hydrogen (secondary N) is 2. The Labute approximate surface area is 152 Å². The third-order valence-electron chi connectivity index (χ3n) is 3.66. The van der Waals surface area contributed by atoms with Crippen LogP contribution in [0.1, 0.15) is 16.1 Å².